The van der Waals surface area contributed by atoms with Gasteiger partial charge in [0.2, 0.25) is 5.78 Å². The number of ether oxygens (including phenoxy) is 1. The molecule has 0 saturated heterocycles. The van der Waals surface area contributed by atoms with Gasteiger partial charge in [-0.2, -0.15) is 0 Å². The number of aromatic nitrogens is 1. The van der Waals surface area contributed by atoms with E-state index < -0.39 is 0 Å². The van der Waals surface area contributed by atoms with Crippen LogP contribution in [0.25, 0.3) is 0 Å². The van der Waals surface area contributed by atoms with E-state index in [0.717, 1.165) is 0 Å². The van der Waals surface area contributed by atoms with Crippen LogP contribution in [-0.2, 0) is 0 Å². The third-order valence-electron chi connectivity index (χ3n) is 2.45. The maximum Gasteiger partial charge on any atom is 0.217 e. The van der Waals surface area contributed by atoms with E-state index in [1.807, 2.05) is 0 Å². The van der Waals surface area contributed by atoms with Crippen molar-refractivity contribution in [1.29, 1.82) is 0 Å². The van der Waals surface area contributed by atoms with Crippen molar-refractivity contribution >= 4 is 23.1 Å². The number of pyridine rings is 1. The van der Waals surface area contributed by atoms with Gasteiger partial charge in [-0.1, -0.05) is 23.7 Å². The average Bonchev–Trinajstić information content (AvgIpc) is 2.38. The summed E-state index contributed by atoms with van der Waals surface area (Å²) in [6.07, 6.45) is 1.39. The molecular weight excluding hydrogens is 252 g/mol. The van der Waals surface area contributed by atoms with Crippen molar-refractivity contribution in [3.63, 3.8) is 0 Å². The van der Waals surface area contributed by atoms with Crippen molar-refractivity contribution in [3.05, 3.63) is 52.8 Å². The Morgan fingerprint density at radius 1 is 1.39 bits per heavy atom. The van der Waals surface area contributed by atoms with Crippen molar-refractivity contribution in [3.8, 4) is 5.75 Å². The summed E-state index contributed by atoms with van der Waals surface area (Å²) in [5, 5.41) is 0.393. The molecule has 2 aromatic rings. The third kappa shape index (κ3) is 2.28. The number of rotatable bonds is 3. The second-order valence-corrected chi connectivity index (χ2v) is 4.06. The smallest absolute Gasteiger partial charge is 0.217 e. The lowest BCUT2D eigenvalue weighted by molar-refractivity contribution is 0.103. The second kappa shape index (κ2) is 5.06. The largest absolute Gasteiger partial charge is 0.496 e. The Labute approximate surface area is 109 Å². The van der Waals surface area contributed by atoms with Gasteiger partial charge < -0.3 is 10.5 Å². The van der Waals surface area contributed by atoms with Crippen molar-refractivity contribution < 1.29 is 9.53 Å². The Balaban J connectivity index is 2.48. The molecule has 0 spiro atoms. The van der Waals surface area contributed by atoms with E-state index in [1.165, 1.54) is 19.4 Å². The SMILES string of the molecule is COc1ccccc1C(=O)c1ncc(Cl)cc1N. The Morgan fingerprint density at radius 2 is 2.11 bits per heavy atom. The Hall–Kier alpha value is -2.07. The van der Waals surface area contributed by atoms with Gasteiger partial charge in [-0.25, -0.2) is 4.98 Å². The molecule has 1 heterocycles. The van der Waals surface area contributed by atoms with Gasteiger partial charge >= 0.3 is 0 Å². The molecule has 2 rings (SSSR count). The van der Waals surface area contributed by atoms with Crippen LogP contribution in [0.3, 0.4) is 0 Å². The molecule has 0 aliphatic rings. The van der Waals surface area contributed by atoms with Crippen molar-refractivity contribution in [2.75, 3.05) is 12.8 Å². The molecule has 1 aromatic heterocycles. The van der Waals surface area contributed by atoms with Crippen molar-refractivity contribution in [1.82, 2.24) is 4.98 Å². The molecule has 4 nitrogen and oxygen atoms in total. The van der Waals surface area contributed by atoms with E-state index in [-0.39, 0.29) is 17.2 Å². The monoisotopic (exact) mass is 262 g/mol. The first-order chi connectivity index (χ1) is 8.63. The summed E-state index contributed by atoms with van der Waals surface area (Å²) in [4.78, 5) is 16.3. The predicted octanol–water partition coefficient (Wildman–Crippen LogP) is 2.56. The minimum absolute atomic E-state index is 0.170. The molecule has 0 atom stereocenters. The summed E-state index contributed by atoms with van der Waals surface area (Å²) in [5.41, 5.74) is 6.58. The number of nitrogens with zero attached hydrogens (tertiary/aromatic N) is 1. The predicted molar refractivity (Wildman–Crippen MR) is 70.1 cm³/mol. The van der Waals surface area contributed by atoms with Gasteiger partial charge in [-0.15, -0.1) is 0 Å². The molecule has 0 amide bonds. The van der Waals surface area contributed by atoms with Gasteiger partial charge in [0.1, 0.15) is 11.4 Å². The third-order valence-corrected chi connectivity index (χ3v) is 2.66. The summed E-state index contributed by atoms with van der Waals surface area (Å²) in [5.74, 6) is 0.195. The minimum Gasteiger partial charge on any atom is -0.496 e. The minimum atomic E-state index is -0.290. The van der Waals surface area contributed by atoms with Crippen LogP contribution in [0.1, 0.15) is 16.1 Å². The highest BCUT2D eigenvalue weighted by molar-refractivity contribution is 6.31. The van der Waals surface area contributed by atoms with Gasteiger partial charge in [-0.3, -0.25) is 4.79 Å². The van der Waals surface area contributed by atoms with Crippen LogP contribution >= 0.6 is 11.6 Å². The van der Waals surface area contributed by atoms with Gasteiger partial charge in [0.05, 0.1) is 23.4 Å². The fraction of sp³-hybridized carbons (Fsp3) is 0.0769. The lowest BCUT2D eigenvalue weighted by Gasteiger charge is -2.08. The number of nitrogens with two attached hydrogens (primary N) is 1. The van der Waals surface area contributed by atoms with E-state index in [9.17, 15) is 4.79 Å². The fourth-order valence-electron chi connectivity index (χ4n) is 1.60. The number of hydrogen-bond acceptors (Lipinski definition) is 4. The van der Waals surface area contributed by atoms with Crippen LogP contribution < -0.4 is 10.5 Å². The maximum absolute atomic E-state index is 12.3. The van der Waals surface area contributed by atoms with E-state index in [4.69, 9.17) is 22.1 Å². The topological polar surface area (TPSA) is 65.2 Å². The highest BCUT2D eigenvalue weighted by Crippen LogP contribution is 2.23. The van der Waals surface area contributed by atoms with Gasteiger partial charge in [0.25, 0.3) is 0 Å². The quantitative estimate of drug-likeness (QED) is 0.864. The molecule has 0 fully saturated rings. The van der Waals surface area contributed by atoms with Crippen molar-refractivity contribution in [2.24, 2.45) is 0 Å². The normalized spacial score (nSPS) is 10.1. The highest BCUT2D eigenvalue weighted by atomic mass is 35.5. The molecule has 0 radical (unpaired) electrons. The molecule has 0 bridgehead atoms. The molecule has 2 N–H and O–H groups in total. The van der Waals surface area contributed by atoms with Crippen molar-refractivity contribution in [2.45, 2.75) is 0 Å². The maximum atomic E-state index is 12.3. The van der Waals surface area contributed by atoms with Crippen LogP contribution in [0, 0.1) is 0 Å². The molecule has 18 heavy (non-hydrogen) atoms. The second-order valence-electron chi connectivity index (χ2n) is 3.62. The number of para-hydroxylation sites is 1. The summed E-state index contributed by atoms with van der Waals surface area (Å²) < 4.78 is 5.14. The number of benzene rings is 1. The number of halogens is 1. The van der Waals surface area contributed by atoms with Crippen LogP contribution in [0.5, 0.6) is 5.75 Å². The van der Waals surface area contributed by atoms with Gasteiger partial charge in [0.15, 0.2) is 0 Å². The molecule has 0 aliphatic heterocycles. The zero-order chi connectivity index (χ0) is 13.1. The number of ketones is 1. The number of carbonyl (C=O) groups excluding carboxylic acids is 1. The van der Waals surface area contributed by atoms with E-state index in [1.54, 1.807) is 24.3 Å². The van der Waals surface area contributed by atoms with Crippen LogP contribution in [0.4, 0.5) is 5.69 Å². The first-order valence-electron chi connectivity index (χ1n) is 5.22. The molecule has 0 saturated carbocycles. The first kappa shape index (κ1) is 12.4. The van der Waals surface area contributed by atoms with Gasteiger partial charge in [-0.05, 0) is 18.2 Å². The lowest BCUT2D eigenvalue weighted by Crippen LogP contribution is -2.09. The molecule has 0 unspecified atom stereocenters. The molecule has 0 aliphatic carbocycles. The van der Waals surface area contributed by atoms with Crippen LogP contribution in [0.2, 0.25) is 5.02 Å². The van der Waals surface area contributed by atoms with Gasteiger partial charge in [0, 0.05) is 6.20 Å². The molecule has 92 valence electrons. The Kier molecular flexibility index (Phi) is 3.48. The average molecular weight is 263 g/mol. The zero-order valence-corrected chi connectivity index (χ0v) is 10.4. The van der Waals surface area contributed by atoms with Crippen LogP contribution in [0.15, 0.2) is 36.5 Å². The number of methoxy groups -OCH3 is 1. The molecule has 5 heteroatoms. The number of hydrogen-bond donors (Lipinski definition) is 1. The molecule has 1 aromatic carbocycles. The first-order valence-corrected chi connectivity index (χ1v) is 5.60. The lowest BCUT2D eigenvalue weighted by atomic mass is 10.1. The Morgan fingerprint density at radius 3 is 2.78 bits per heavy atom. The summed E-state index contributed by atoms with van der Waals surface area (Å²) in [6.45, 7) is 0. The fourth-order valence-corrected chi connectivity index (χ4v) is 1.77. The van der Waals surface area contributed by atoms with E-state index >= 15 is 0 Å². The number of nitrogen functional groups attached to an aromatic ring is 1. The summed E-state index contributed by atoms with van der Waals surface area (Å²) >= 11 is 5.75. The van der Waals surface area contributed by atoms with Crippen LogP contribution in [-0.4, -0.2) is 17.9 Å². The number of anilines is 1. The highest BCUT2D eigenvalue weighted by Gasteiger charge is 2.17. The Bertz CT molecular complexity index is 599. The standard InChI is InChI=1S/C13H11ClN2O2/c1-18-11-5-3-2-4-9(11)13(17)12-10(15)6-8(14)7-16-12/h2-7H,15H2,1H3. The summed E-state index contributed by atoms with van der Waals surface area (Å²) in [7, 11) is 1.50. The summed E-state index contributed by atoms with van der Waals surface area (Å²) in [6, 6.07) is 8.41. The zero-order valence-electron chi connectivity index (χ0n) is 9.68. The molecular formula is C13H11ClN2O2. The van der Waals surface area contributed by atoms with E-state index in [2.05, 4.69) is 4.98 Å². The van der Waals surface area contributed by atoms with E-state index in [0.29, 0.717) is 16.3 Å². The number of carbonyl (C=O) groups is 1.